The van der Waals surface area contributed by atoms with Gasteiger partial charge in [0.2, 0.25) is 11.8 Å². The summed E-state index contributed by atoms with van der Waals surface area (Å²) in [4.78, 5) is 26.0. The fourth-order valence-corrected chi connectivity index (χ4v) is 2.84. The van der Waals surface area contributed by atoms with E-state index in [1.54, 1.807) is 0 Å². The molecule has 1 heterocycles. The van der Waals surface area contributed by atoms with Gasteiger partial charge < -0.3 is 15.5 Å². The van der Waals surface area contributed by atoms with Crippen LogP contribution < -0.4 is 15.5 Å². The third kappa shape index (κ3) is 4.98. The molecule has 5 nitrogen and oxygen atoms in total. The Kier molecular flexibility index (Phi) is 5.86. The van der Waals surface area contributed by atoms with Gasteiger partial charge in [0, 0.05) is 19.3 Å². The highest BCUT2D eigenvalue weighted by atomic mass is 16.2. The Balaban J connectivity index is 1.92. The van der Waals surface area contributed by atoms with Gasteiger partial charge in [-0.1, -0.05) is 32.9 Å². The lowest BCUT2D eigenvalue weighted by molar-refractivity contribution is -0.128. The van der Waals surface area contributed by atoms with Crippen LogP contribution in [0.3, 0.4) is 0 Å². The first-order valence-electron chi connectivity index (χ1n) is 8.66. The number of carbonyl (C=O) groups is 2. The van der Waals surface area contributed by atoms with Crippen LogP contribution in [-0.4, -0.2) is 38.0 Å². The van der Waals surface area contributed by atoms with Gasteiger partial charge in [0.1, 0.15) is 6.04 Å². The van der Waals surface area contributed by atoms with Crippen LogP contribution >= 0.6 is 0 Å². The van der Waals surface area contributed by atoms with Crippen LogP contribution in [0.5, 0.6) is 0 Å². The summed E-state index contributed by atoms with van der Waals surface area (Å²) < 4.78 is 0. The van der Waals surface area contributed by atoms with Crippen LogP contribution in [0.2, 0.25) is 0 Å². The van der Waals surface area contributed by atoms with Gasteiger partial charge in [-0.05, 0) is 42.4 Å². The third-order valence-electron chi connectivity index (χ3n) is 4.43. The van der Waals surface area contributed by atoms with E-state index < -0.39 is 6.04 Å². The minimum atomic E-state index is -0.406. The molecule has 24 heavy (non-hydrogen) atoms. The Morgan fingerprint density at radius 1 is 1.25 bits per heavy atom. The quantitative estimate of drug-likeness (QED) is 0.889. The summed E-state index contributed by atoms with van der Waals surface area (Å²) in [5, 5.41) is 5.69. The van der Waals surface area contributed by atoms with Crippen LogP contribution in [0, 0.1) is 0 Å². The van der Waals surface area contributed by atoms with Crippen molar-refractivity contribution in [3.63, 3.8) is 0 Å². The molecule has 0 bridgehead atoms. The minimum Gasteiger partial charge on any atom is -0.365 e. The minimum absolute atomic E-state index is 0.0713. The molecular weight excluding hydrogens is 302 g/mol. The van der Waals surface area contributed by atoms with Crippen LogP contribution in [0.25, 0.3) is 0 Å². The molecule has 0 aromatic heterocycles. The highest BCUT2D eigenvalue weighted by Gasteiger charge is 2.22. The first-order chi connectivity index (χ1) is 11.3. The van der Waals surface area contributed by atoms with E-state index in [1.807, 2.05) is 24.1 Å². The Labute approximate surface area is 144 Å². The molecule has 5 heteroatoms. The van der Waals surface area contributed by atoms with Crippen molar-refractivity contribution in [2.75, 3.05) is 25.0 Å². The Bertz CT molecular complexity index is 575. The number of hydrogen-bond acceptors (Lipinski definition) is 3. The zero-order chi connectivity index (χ0) is 17.7. The van der Waals surface area contributed by atoms with Gasteiger partial charge in [-0.2, -0.15) is 0 Å². The highest BCUT2D eigenvalue weighted by molar-refractivity contribution is 5.89. The van der Waals surface area contributed by atoms with E-state index in [2.05, 4.69) is 43.5 Å². The van der Waals surface area contributed by atoms with E-state index in [0.29, 0.717) is 13.0 Å². The number of likely N-dealkylation sites (N-methyl/N-ethyl adjacent to an activating group) is 1. The van der Waals surface area contributed by atoms with Gasteiger partial charge in [0.05, 0.1) is 6.54 Å². The molecule has 1 aromatic carbocycles. The maximum Gasteiger partial charge on any atom is 0.242 e. The number of nitrogens with zero attached hydrogens (tertiary/aromatic N) is 1. The predicted octanol–water partition coefficient (Wildman–Crippen LogP) is 2.21. The number of benzene rings is 1. The van der Waals surface area contributed by atoms with Gasteiger partial charge in [0.15, 0.2) is 0 Å². The Hall–Kier alpha value is -2.04. The number of amides is 2. The first kappa shape index (κ1) is 18.3. The van der Waals surface area contributed by atoms with E-state index in [4.69, 9.17) is 0 Å². The molecule has 0 radical (unpaired) electrons. The van der Waals surface area contributed by atoms with E-state index in [0.717, 1.165) is 18.5 Å². The largest absolute Gasteiger partial charge is 0.365 e. The normalized spacial score (nSPS) is 18.5. The molecular formula is C19H29N3O2. The Morgan fingerprint density at radius 2 is 1.92 bits per heavy atom. The van der Waals surface area contributed by atoms with Gasteiger partial charge >= 0.3 is 0 Å². The molecule has 1 aromatic rings. The van der Waals surface area contributed by atoms with Crippen molar-refractivity contribution in [2.24, 2.45) is 0 Å². The molecule has 1 fully saturated rings. The lowest BCUT2D eigenvalue weighted by Crippen LogP contribution is -2.48. The summed E-state index contributed by atoms with van der Waals surface area (Å²) in [6.07, 6.45) is 2.63. The van der Waals surface area contributed by atoms with Crippen molar-refractivity contribution < 1.29 is 9.59 Å². The molecule has 0 aliphatic carbocycles. The van der Waals surface area contributed by atoms with E-state index >= 15 is 0 Å². The highest BCUT2D eigenvalue weighted by Crippen LogP contribution is 2.24. The summed E-state index contributed by atoms with van der Waals surface area (Å²) in [5.41, 5.74) is 2.36. The van der Waals surface area contributed by atoms with Crippen LogP contribution in [0.15, 0.2) is 24.3 Å². The molecule has 1 saturated heterocycles. The average molecular weight is 331 g/mol. The summed E-state index contributed by atoms with van der Waals surface area (Å²) in [6.45, 7) is 7.47. The van der Waals surface area contributed by atoms with Crippen molar-refractivity contribution in [2.45, 2.75) is 51.5 Å². The van der Waals surface area contributed by atoms with Crippen molar-refractivity contribution in [1.82, 2.24) is 10.6 Å². The fraction of sp³-hybridized carbons (Fsp3) is 0.579. The zero-order valence-corrected chi connectivity index (χ0v) is 15.2. The maximum atomic E-state index is 12.2. The molecule has 2 amide bonds. The van der Waals surface area contributed by atoms with Gasteiger partial charge in [-0.25, -0.2) is 0 Å². The van der Waals surface area contributed by atoms with Crippen LogP contribution in [0.4, 0.5) is 5.69 Å². The third-order valence-corrected chi connectivity index (χ3v) is 4.43. The molecule has 0 unspecified atom stereocenters. The van der Waals surface area contributed by atoms with Crippen molar-refractivity contribution in [1.29, 1.82) is 0 Å². The molecule has 2 N–H and O–H groups in total. The van der Waals surface area contributed by atoms with Crippen LogP contribution in [-0.2, 0) is 15.0 Å². The SMILES string of the molecule is CN(CC(=O)N[C@H]1CCCCNC1=O)c1ccc(C(C)(C)C)cc1. The zero-order valence-electron chi connectivity index (χ0n) is 15.2. The lowest BCUT2D eigenvalue weighted by Gasteiger charge is -2.23. The van der Waals surface area contributed by atoms with E-state index in [9.17, 15) is 9.59 Å². The second kappa shape index (κ2) is 7.69. The van der Waals surface area contributed by atoms with Crippen molar-refractivity contribution >= 4 is 17.5 Å². The number of rotatable bonds is 4. The first-order valence-corrected chi connectivity index (χ1v) is 8.66. The van der Waals surface area contributed by atoms with Gasteiger partial charge in [-0.3, -0.25) is 9.59 Å². The Morgan fingerprint density at radius 3 is 2.54 bits per heavy atom. The molecule has 132 valence electrons. The molecule has 1 aliphatic heterocycles. The molecule has 0 spiro atoms. The summed E-state index contributed by atoms with van der Waals surface area (Å²) in [6, 6.07) is 7.86. The van der Waals surface area contributed by atoms with Crippen LogP contribution in [0.1, 0.15) is 45.6 Å². The predicted molar refractivity (Wildman–Crippen MR) is 97.2 cm³/mol. The summed E-state index contributed by atoms with van der Waals surface area (Å²) in [5.74, 6) is -0.197. The number of nitrogens with one attached hydrogen (secondary N) is 2. The molecule has 2 rings (SSSR count). The molecule has 1 aliphatic rings. The number of hydrogen-bond donors (Lipinski definition) is 2. The average Bonchev–Trinajstić information content (AvgIpc) is 2.71. The van der Waals surface area contributed by atoms with Gasteiger partial charge in [-0.15, -0.1) is 0 Å². The smallest absolute Gasteiger partial charge is 0.242 e. The second-order valence-electron chi connectivity index (χ2n) is 7.56. The van der Waals surface area contributed by atoms with E-state index in [-0.39, 0.29) is 23.8 Å². The maximum absolute atomic E-state index is 12.2. The number of anilines is 1. The van der Waals surface area contributed by atoms with Crippen molar-refractivity contribution in [3.05, 3.63) is 29.8 Å². The summed E-state index contributed by atoms with van der Waals surface area (Å²) in [7, 11) is 1.89. The fourth-order valence-electron chi connectivity index (χ4n) is 2.84. The molecule has 0 saturated carbocycles. The van der Waals surface area contributed by atoms with E-state index in [1.165, 1.54) is 5.56 Å². The standard InChI is InChI=1S/C19H29N3O2/c1-19(2,3)14-8-10-15(11-9-14)22(4)13-17(23)21-16-7-5-6-12-20-18(16)24/h8-11,16H,5-7,12-13H2,1-4H3,(H,20,24)(H,21,23)/t16-/m0/s1. The topological polar surface area (TPSA) is 61.4 Å². The van der Waals surface area contributed by atoms with Crippen molar-refractivity contribution in [3.8, 4) is 0 Å². The summed E-state index contributed by atoms with van der Waals surface area (Å²) >= 11 is 0. The second-order valence-corrected chi connectivity index (χ2v) is 7.56. The lowest BCUT2D eigenvalue weighted by atomic mass is 9.87. The van der Waals surface area contributed by atoms with Gasteiger partial charge in [0.25, 0.3) is 0 Å². The monoisotopic (exact) mass is 331 g/mol. The molecule has 1 atom stereocenters. The number of carbonyl (C=O) groups excluding carboxylic acids is 2.